The van der Waals surface area contributed by atoms with E-state index in [0.717, 1.165) is 5.56 Å². The molecule has 7 nitrogen and oxygen atoms in total. The summed E-state index contributed by atoms with van der Waals surface area (Å²) in [4.78, 5) is 12.5. The molecular formula is C22H19ClN2O5S. The first-order valence-electron chi connectivity index (χ1n) is 9.42. The lowest BCUT2D eigenvalue weighted by atomic mass is 10.2. The van der Waals surface area contributed by atoms with Crippen LogP contribution in [0.1, 0.15) is 15.9 Å². The highest BCUT2D eigenvalue weighted by Gasteiger charge is 2.21. The monoisotopic (exact) mass is 458 g/mol. The lowest BCUT2D eigenvalue weighted by molar-refractivity contribution is 0.102. The van der Waals surface area contributed by atoms with E-state index in [-0.39, 0.29) is 15.5 Å². The van der Waals surface area contributed by atoms with E-state index in [1.807, 2.05) is 6.92 Å². The number of anilines is 2. The van der Waals surface area contributed by atoms with E-state index in [0.29, 0.717) is 36.1 Å². The van der Waals surface area contributed by atoms with E-state index in [4.69, 9.17) is 21.1 Å². The number of halogens is 1. The Morgan fingerprint density at radius 3 is 2.32 bits per heavy atom. The molecule has 1 amide bonds. The predicted octanol–water partition coefficient (Wildman–Crippen LogP) is 4.47. The molecule has 0 aromatic heterocycles. The van der Waals surface area contributed by atoms with Crippen LogP contribution in [0.25, 0.3) is 0 Å². The average molecular weight is 459 g/mol. The number of nitrogens with one attached hydrogen (secondary N) is 2. The fourth-order valence-electron chi connectivity index (χ4n) is 3.01. The zero-order valence-corrected chi connectivity index (χ0v) is 18.1. The molecule has 0 bridgehead atoms. The van der Waals surface area contributed by atoms with E-state index >= 15 is 0 Å². The first-order valence-corrected chi connectivity index (χ1v) is 11.3. The number of hydrogen-bond donors (Lipinski definition) is 2. The number of fused-ring (bicyclic) bond motifs is 1. The molecule has 2 N–H and O–H groups in total. The van der Waals surface area contributed by atoms with Gasteiger partial charge >= 0.3 is 0 Å². The second-order valence-corrected chi connectivity index (χ2v) is 8.99. The fraction of sp³-hybridized carbons (Fsp3) is 0.136. The smallest absolute Gasteiger partial charge is 0.263 e. The van der Waals surface area contributed by atoms with Crippen LogP contribution in [0.15, 0.2) is 65.6 Å². The molecule has 31 heavy (non-hydrogen) atoms. The van der Waals surface area contributed by atoms with Crippen molar-refractivity contribution in [2.75, 3.05) is 23.3 Å². The average Bonchev–Trinajstić information content (AvgIpc) is 2.75. The molecule has 1 aliphatic heterocycles. The maximum Gasteiger partial charge on any atom is 0.263 e. The summed E-state index contributed by atoms with van der Waals surface area (Å²) in [5, 5.41) is 2.74. The summed E-state index contributed by atoms with van der Waals surface area (Å²) in [6.07, 6.45) is 0. The van der Waals surface area contributed by atoms with Crippen LogP contribution in [0.3, 0.4) is 0 Å². The molecule has 1 heterocycles. The topological polar surface area (TPSA) is 93.7 Å². The molecule has 1 aliphatic rings. The van der Waals surface area contributed by atoms with E-state index in [9.17, 15) is 13.2 Å². The number of carbonyl (C=O) groups excluding carboxylic acids is 1. The highest BCUT2D eigenvalue weighted by atomic mass is 35.5. The van der Waals surface area contributed by atoms with E-state index < -0.39 is 15.9 Å². The normalized spacial score (nSPS) is 12.8. The van der Waals surface area contributed by atoms with Gasteiger partial charge in [0.2, 0.25) is 0 Å². The standard InChI is InChI=1S/C22H19ClN2O5S/c1-14-2-5-16(6-3-14)25-31(27,28)21-12-15(4-8-18(21)23)22(26)24-17-7-9-19-20(13-17)30-11-10-29-19/h2-9,12-13,25H,10-11H2,1H3,(H,24,26). The molecule has 0 fully saturated rings. The van der Waals surface area contributed by atoms with Crippen molar-refractivity contribution in [2.24, 2.45) is 0 Å². The Bertz CT molecular complexity index is 1240. The molecule has 0 saturated carbocycles. The van der Waals surface area contributed by atoms with Gasteiger partial charge in [-0.1, -0.05) is 29.3 Å². The Morgan fingerprint density at radius 1 is 0.903 bits per heavy atom. The molecule has 0 radical (unpaired) electrons. The van der Waals surface area contributed by atoms with Crippen LogP contribution in [-0.4, -0.2) is 27.5 Å². The fourth-order valence-corrected chi connectivity index (χ4v) is 4.59. The van der Waals surface area contributed by atoms with Crippen molar-refractivity contribution in [3.05, 3.63) is 76.8 Å². The van der Waals surface area contributed by atoms with Crippen molar-refractivity contribution in [2.45, 2.75) is 11.8 Å². The first-order chi connectivity index (χ1) is 14.8. The summed E-state index contributed by atoms with van der Waals surface area (Å²) in [5.74, 6) is 0.650. The maximum absolute atomic E-state index is 12.8. The van der Waals surface area contributed by atoms with Gasteiger partial charge in [0.15, 0.2) is 11.5 Å². The Morgan fingerprint density at radius 2 is 1.58 bits per heavy atom. The molecule has 3 aromatic carbocycles. The van der Waals surface area contributed by atoms with Crippen LogP contribution in [0.2, 0.25) is 5.02 Å². The minimum absolute atomic E-state index is 0.00971. The van der Waals surface area contributed by atoms with Gasteiger partial charge in [-0.05, 0) is 49.4 Å². The van der Waals surface area contributed by atoms with Gasteiger partial charge in [0.1, 0.15) is 18.1 Å². The molecular weight excluding hydrogens is 440 g/mol. The van der Waals surface area contributed by atoms with Gasteiger partial charge in [-0.25, -0.2) is 8.42 Å². The molecule has 4 rings (SSSR count). The molecule has 0 spiro atoms. The Kier molecular flexibility index (Phi) is 5.75. The summed E-state index contributed by atoms with van der Waals surface area (Å²) < 4.78 is 39.1. The second-order valence-electron chi connectivity index (χ2n) is 6.93. The quantitative estimate of drug-likeness (QED) is 0.588. The van der Waals surface area contributed by atoms with Crippen molar-refractivity contribution in [1.29, 1.82) is 0 Å². The zero-order valence-electron chi connectivity index (χ0n) is 16.5. The van der Waals surface area contributed by atoms with Crippen molar-refractivity contribution in [3.8, 4) is 11.5 Å². The second kappa shape index (κ2) is 8.49. The molecule has 160 valence electrons. The number of carbonyl (C=O) groups is 1. The third kappa shape index (κ3) is 4.76. The molecule has 9 heteroatoms. The number of hydrogen-bond acceptors (Lipinski definition) is 5. The Balaban J connectivity index is 1.56. The number of benzene rings is 3. The van der Waals surface area contributed by atoms with Gasteiger partial charge in [-0.3, -0.25) is 9.52 Å². The number of sulfonamides is 1. The van der Waals surface area contributed by atoms with Gasteiger partial charge in [0, 0.05) is 23.0 Å². The van der Waals surface area contributed by atoms with Gasteiger partial charge < -0.3 is 14.8 Å². The lowest BCUT2D eigenvalue weighted by Crippen LogP contribution is -2.17. The van der Waals surface area contributed by atoms with E-state index in [1.54, 1.807) is 42.5 Å². The minimum atomic E-state index is -4.00. The van der Waals surface area contributed by atoms with Crippen LogP contribution in [0.5, 0.6) is 11.5 Å². The van der Waals surface area contributed by atoms with Crippen LogP contribution in [0.4, 0.5) is 11.4 Å². The van der Waals surface area contributed by atoms with E-state index in [2.05, 4.69) is 10.0 Å². The number of ether oxygens (including phenoxy) is 2. The van der Waals surface area contributed by atoms with Crippen molar-refractivity contribution in [3.63, 3.8) is 0 Å². The maximum atomic E-state index is 12.8. The summed E-state index contributed by atoms with van der Waals surface area (Å²) in [7, 11) is -4.00. The minimum Gasteiger partial charge on any atom is -0.486 e. The highest BCUT2D eigenvalue weighted by molar-refractivity contribution is 7.92. The van der Waals surface area contributed by atoms with Crippen LogP contribution < -0.4 is 19.5 Å². The highest BCUT2D eigenvalue weighted by Crippen LogP contribution is 2.33. The first kappa shape index (κ1) is 21.0. The van der Waals surface area contributed by atoms with Gasteiger partial charge in [0.25, 0.3) is 15.9 Å². The third-order valence-electron chi connectivity index (χ3n) is 4.59. The Labute approximate surface area is 185 Å². The Hall–Kier alpha value is -3.23. The number of rotatable bonds is 5. The third-order valence-corrected chi connectivity index (χ3v) is 6.45. The molecule has 0 saturated heterocycles. The summed E-state index contributed by atoms with van der Waals surface area (Å²) in [6.45, 7) is 2.80. The summed E-state index contributed by atoms with van der Waals surface area (Å²) in [6, 6.07) is 16.0. The molecule has 3 aromatic rings. The van der Waals surface area contributed by atoms with Crippen LogP contribution in [0, 0.1) is 6.92 Å². The van der Waals surface area contributed by atoms with Crippen molar-refractivity contribution in [1.82, 2.24) is 0 Å². The van der Waals surface area contributed by atoms with Gasteiger partial charge in [0.05, 0.1) is 5.02 Å². The molecule has 0 unspecified atom stereocenters. The van der Waals surface area contributed by atoms with Crippen molar-refractivity contribution >= 4 is 38.9 Å². The lowest BCUT2D eigenvalue weighted by Gasteiger charge is -2.19. The molecule has 0 aliphatic carbocycles. The molecule has 0 atom stereocenters. The van der Waals surface area contributed by atoms with Gasteiger partial charge in [-0.15, -0.1) is 0 Å². The zero-order chi connectivity index (χ0) is 22.0. The largest absolute Gasteiger partial charge is 0.486 e. The van der Waals surface area contributed by atoms with Crippen molar-refractivity contribution < 1.29 is 22.7 Å². The van der Waals surface area contributed by atoms with E-state index in [1.165, 1.54) is 18.2 Å². The summed E-state index contributed by atoms with van der Waals surface area (Å²) in [5.41, 5.74) is 2.03. The van der Waals surface area contributed by atoms with Gasteiger partial charge in [-0.2, -0.15) is 0 Å². The summed E-state index contributed by atoms with van der Waals surface area (Å²) >= 11 is 6.14. The number of aryl methyl sites for hydroxylation is 1. The predicted molar refractivity (Wildman–Crippen MR) is 119 cm³/mol. The van der Waals surface area contributed by atoms with Crippen LogP contribution >= 0.6 is 11.6 Å². The van der Waals surface area contributed by atoms with Crippen LogP contribution in [-0.2, 0) is 10.0 Å². The number of amides is 1. The SMILES string of the molecule is Cc1ccc(NS(=O)(=O)c2cc(C(=O)Nc3ccc4c(c3)OCCO4)ccc2Cl)cc1.